The molecule has 0 aliphatic carbocycles. The van der Waals surface area contributed by atoms with Crippen LogP contribution in [-0.4, -0.2) is 66.6 Å². The molecule has 2 aliphatic heterocycles. The van der Waals surface area contributed by atoms with Gasteiger partial charge in [0.05, 0.1) is 6.54 Å². The van der Waals surface area contributed by atoms with Gasteiger partial charge in [0.1, 0.15) is 5.82 Å². The minimum absolute atomic E-state index is 0.715. The lowest BCUT2D eigenvalue weighted by Gasteiger charge is -2.37. The molecule has 2 aliphatic rings. The average Bonchev–Trinajstić information content (AvgIpc) is 3.31. The molecule has 2 saturated heterocycles. The molecule has 1 N–H and O–H groups in total. The number of hydrogen-bond donors (Lipinski definition) is 1. The van der Waals surface area contributed by atoms with Crippen LogP contribution in [0.15, 0.2) is 53.7 Å². The number of anilines is 1. The minimum Gasteiger partial charge on any atom is -0.357 e. The van der Waals surface area contributed by atoms with E-state index in [2.05, 4.69) is 68.3 Å². The molecule has 0 radical (unpaired) electrons. The van der Waals surface area contributed by atoms with E-state index in [1.165, 1.54) is 37.1 Å². The van der Waals surface area contributed by atoms with E-state index in [4.69, 9.17) is 4.99 Å². The fourth-order valence-corrected chi connectivity index (χ4v) is 4.23. The molecule has 0 atom stereocenters. The number of nitrogens with zero attached hydrogens (tertiary/aromatic N) is 5. The number of benzene rings is 1. The number of aromatic nitrogens is 1. The fraction of sp³-hybridized carbons (Fsp3) is 0.500. The Bertz CT molecular complexity index is 790. The van der Waals surface area contributed by atoms with Crippen molar-refractivity contribution in [1.82, 2.24) is 20.1 Å². The van der Waals surface area contributed by atoms with Crippen LogP contribution in [0.1, 0.15) is 30.9 Å². The topological polar surface area (TPSA) is 47.0 Å². The molecule has 4 rings (SSSR count). The molecule has 0 bridgehead atoms. The van der Waals surface area contributed by atoms with Crippen molar-refractivity contribution in [1.29, 1.82) is 0 Å². The van der Waals surface area contributed by atoms with E-state index in [9.17, 15) is 0 Å². The highest BCUT2D eigenvalue weighted by Gasteiger charge is 2.20. The Morgan fingerprint density at radius 2 is 1.67 bits per heavy atom. The summed E-state index contributed by atoms with van der Waals surface area (Å²) >= 11 is 0. The summed E-state index contributed by atoms with van der Waals surface area (Å²) < 4.78 is 0. The first-order valence-corrected chi connectivity index (χ1v) is 11.3. The Kier molecular flexibility index (Phi) is 7.19. The van der Waals surface area contributed by atoms with E-state index in [-0.39, 0.29) is 0 Å². The molecule has 160 valence electrons. The van der Waals surface area contributed by atoms with Gasteiger partial charge in [-0.15, -0.1) is 0 Å². The molecule has 30 heavy (non-hydrogen) atoms. The van der Waals surface area contributed by atoms with Gasteiger partial charge < -0.3 is 15.1 Å². The third kappa shape index (κ3) is 5.51. The zero-order chi connectivity index (χ0) is 20.6. The number of guanidine groups is 1. The SMILES string of the molecule is CCNC(=NCc1ccc(CN2CCCC2)cc1)N1CCN(c2ccccn2)CC1. The zero-order valence-corrected chi connectivity index (χ0v) is 18.1. The average molecular weight is 407 g/mol. The first kappa shape index (κ1) is 20.7. The molecule has 0 spiro atoms. The first-order valence-electron chi connectivity index (χ1n) is 11.3. The monoisotopic (exact) mass is 406 g/mol. The van der Waals surface area contributed by atoms with Gasteiger partial charge in [0.2, 0.25) is 0 Å². The number of likely N-dealkylation sites (tertiary alicyclic amines) is 1. The van der Waals surface area contributed by atoms with Crippen molar-refractivity contribution < 1.29 is 0 Å². The molecular formula is C24H34N6. The summed E-state index contributed by atoms with van der Waals surface area (Å²) in [4.78, 5) is 16.7. The van der Waals surface area contributed by atoms with Crippen molar-refractivity contribution in [2.75, 3.05) is 50.7 Å². The second kappa shape index (κ2) is 10.4. The van der Waals surface area contributed by atoms with E-state index in [0.29, 0.717) is 6.54 Å². The lowest BCUT2D eigenvalue weighted by molar-refractivity contribution is 0.331. The summed E-state index contributed by atoms with van der Waals surface area (Å²) in [5.41, 5.74) is 2.67. The summed E-state index contributed by atoms with van der Waals surface area (Å²) in [5.74, 6) is 2.08. The molecular weight excluding hydrogens is 372 g/mol. The van der Waals surface area contributed by atoms with Crippen LogP contribution in [0.2, 0.25) is 0 Å². The lowest BCUT2D eigenvalue weighted by Crippen LogP contribution is -2.52. The number of nitrogens with one attached hydrogen (secondary N) is 1. The van der Waals surface area contributed by atoms with Crippen molar-refractivity contribution >= 4 is 11.8 Å². The van der Waals surface area contributed by atoms with Crippen LogP contribution in [0.25, 0.3) is 0 Å². The highest BCUT2D eigenvalue weighted by atomic mass is 15.4. The maximum atomic E-state index is 4.93. The Balaban J connectivity index is 1.32. The molecule has 0 amide bonds. The summed E-state index contributed by atoms with van der Waals surface area (Å²) in [6.45, 7) is 11.1. The van der Waals surface area contributed by atoms with Crippen molar-refractivity contribution in [2.24, 2.45) is 4.99 Å². The van der Waals surface area contributed by atoms with Gasteiger partial charge in [-0.2, -0.15) is 0 Å². The summed E-state index contributed by atoms with van der Waals surface area (Å²) in [5, 5.41) is 3.47. The third-order valence-corrected chi connectivity index (χ3v) is 5.93. The quantitative estimate of drug-likeness (QED) is 0.590. The van der Waals surface area contributed by atoms with Crippen LogP contribution in [0, 0.1) is 0 Å². The van der Waals surface area contributed by atoms with Crippen LogP contribution in [-0.2, 0) is 13.1 Å². The Labute approximate surface area is 180 Å². The van der Waals surface area contributed by atoms with Crippen LogP contribution in [0.5, 0.6) is 0 Å². The van der Waals surface area contributed by atoms with Gasteiger partial charge >= 0.3 is 0 Å². The lowest BCUT2D eigenvalue weighted by atomic mass is 10.1. The van der Waals surface area contributed by atoms with E-state index in [0.717, 1.165) is 51.0 Å². The van der Waals surface area contributed by atoms with Crippen molar-refractivity contribution in [3.8, 4) is 0 Å². The Morgan fingerprint density at radius 1 is 0.933 bits per heavy atom. The van der Waals surface area contributed by atoms with Crippen LogP contribution < -0.4 is 10.2 Å². The van der Waals surface area contributed by atoms with Gasteiger partial charge in [0.25, 0.3) is 0 Å². The van der Waals surface area contributed by atoms with E-state index >= 15 is 0 Å². The van der Waals surface area contributed by atoms with E-state index in [1.54, 1.807) is 0 Å². The predicted octanol–water partition coefficient (Wildman–Crippen LogP) is 2.97. The van der Waals surface area contributed by atoms with Crippen molar-refractivity contribution in [3.05, 3.63) is 59.8 Å². The second-order valence-electron chi connectivity index (χ2n) is 8.13. The van der Waals surface area contributed by atoms with E-state index < -0.39 is 0 Å². The first-order chi connectivity index (χ1) is 14.8. The fourth-order valence-electron chi connectivity index (χ4n) is 4.23. The number of pyridine rings is 1. The summed E-state index contributed by atoms with van der Waals surface area (Å²) in [6, 6.07) is 15.1. The summed E-state index contributed by atoms with van der Waals surface area (Å²) in [6.07, 6.45) is 4.55. The number of aliphatic imine (C=N–C) groups is 1. The highest BCUT2D eigenvalue weighted by molar-refractivity contribution is 5.80. The van der Waals surface area contributed by atoms with Crippen molar-refractivity contribution in [3.63, 3.8) is 0 Å². The van der Waals surface area contributed by atoms with Gasteiger partial charge in [0.15, 0.2) is 5.96 Å². The molecule has 2 fully saturated rings. The largest absolute Gasteiger partial charge is 0.357 e. The van der Waals surface area contributed by atoms with Gasteiger partial charge in [-0.3, -0.25) is 4.90 Å². The van der Waals surface area contributed by atoms with Gasteiger partial charge in [-0.25, -0.2) is 9.98 Å². The van der Waals surface area contributed by atoms with E-state index in [1.807, 2.05) is 12.3 Å². The highest BCUT2D eigenvalue weighted by Crippen LogP contribution is 2.15. The van der Waals surface area contributed by atoms with Crippen LogP contribution in [0.4, 0.5) is 5.82 Å². The molecule has 6 nitrogen and oxygen atoms in total. The minimum atomic E-state index is 0.715. The van der Waals surface area contributed by atoms with Gasteiger partial charge in [-0.05, 0) is 56.1 Å². The Morgan fingerprint density at radius 3 is 2.33 bits per heavy atom. The predicted molar refractivity (Wildman–Crippen MR) is 124 cm³/mol. The normalized spacial score (nSPS) is 18.1. The number of hydrogen-bond acceptors (Lipinski definition) is 4. The maximum Gasteiger partial charge on any atom is 0.194 e. The number of rotatable bonds is 6. The Hall–Kier alpha value is -2.60. The van der Waals surface area contributed by atoms with Crippen molar-refractivity contribution in [2.45, 2.75) is 32.9 Å². The number of piperazine rings is 1. The maximum absolute atomic E-state index is 4.93. The van der Waals surface area contributed by atoms with Crippen LogP contribution in [0.3, 0.4) is 0 Å². The molecule has 0 saturated carbocycles. The zero-order valence-electron chi connectivity index (χ0n) is 18.1. The standard InChI is InChI=1S/C24H34N6/c1-2-25-24(30-17-15-29(16-18-30)23-7-3-4-12-26-23)27-19-21-8-10-22(11-9-21)20-28-13-5-6-14-28/h3-4,7-12H,2,5-6,13-20H2,1H3,(H,25,27). The molecule has 3 heterocycles. The van der Waals surface area contributed by atoms with Crippen LogP contribution >= 0.6 is 0 Å². The molecule has 6 heteroatoms. The smallest absolute Gasteiger partial charge is 0.194 e. The van der Waals surface area contributed by atoms with Gasteiger partial charge in [-0.1, -0.05) is 30.3 Å². The summed E-state index contributed by atoms with van der Waals surface area (Å²) in [7, 11) is 0. The molecule has 1 aromatic heterocycles. The second-order valence-corrected chi connectivity index (χ2v) is 8.13. The molecule has 0 unspecified atom stereocenters. The molecule has 2 aromatic rings. The van der Waals surface area contributed by atoms with Gasteiger partial charge in [0, 0.05) is 45.5 Å². The third-order valence-electron chi connectivity index (χ3n) is 5.93. The molecule has 1 aromatic carbocycles.